The fourth-order valence-corrected chi connectivity index (χ4v) is 2.67. The smallest absolute Gasteiger partial charge is 0.355 e. The largest absolute Gasteiger partial charge is 0.461 e. The van der Waals surface area contributed by atoms with Crippen molar-refractivity contribution in [1.82, 2.24) is 4.57 Å². The first-order valence-corrected chi connectivity index (χ1v) is 8.07. The van der Waals surface area contributed by atoms with Gasteiger partial charge in [-0.3, -0.25) is 4.79 Å². The van der Waals surface area contributed by atoms with E-state index in [1.807, 2.05) is 30.6 Å². The van der Waals surface area contributed by atoms with E-state index in [-0.39, 0.29) is 0 Å². The molecule has 0 aromatic carbocycles. The molecular formula is C18H27NO3. The van der Waals surface area contributed by atoms with E-state index in [1.165, 1.54) is 0 Å². The maximum absolute atomic E-state index is 12.3. The molecule has 1 heterocycles. The first kappa shape index (κ1) is 18.2. The maximum atomic E-state index is 12.3. The SMILES string of the molecule is CC=CCn1c(C)c(CCCCC)c(C=O)c1C(=O)OCC. The molecular weight excluding hydrogens is 278 g/mol. The molecule has 0 aliphatic rings. The molecule has 0 bridgehead atoms. The summed E-state index contributed by atoms with van der Waals surface area (Å²) in [4.78, 5) is 23.9. The van der Waals surface area contributed by atoms with Crippen LogP contribution >= 0.6 is 0 Å². The normalized spacial score (nSPS) is 11.1. The van der Waals surface area contributed by atoms with Crippen molar-refractivity contribution in [2.75, 3.05) is 6.61 Å². The highest BCUT2D eigenvalue weighted by molar-refractivity contribution is 5.98. The zero-order valence-electron chi connectivity index (χ0n) is 14.1. The molecule has 0 unspecified atom stereocenters. The Morgan fingerprint density at radius 3 is 2.55 bits per heavy atom. The molecule has 0 saturated carbocycles. The number of nitrogens with zero attached hydrogens (tertiary/aromatic N) is 1. The van der Waals surface area contributed by atoms with Crippen molar-refractivity contribution in [2.45, 2.75) is 59.9 Å². The van der Waals surface area contributed by atoms with Crippen LogP contribution in [0.4, 0.5) is 0 Å². The van der Waals surface area contributed by atoms with E-state index < -0.39 is 5.97 Å². The number of allylic oxidation sites excluding steroid dienone is 2. The molecule has 0 atom stereocenters. The van der Waals surface area contributed by atoms with Crippen molar-refractivity contribution in [3.63, 3.8) is 0 Å². The Hall–Kier alpha value is -1.84. The number of rotatable bonds is 9. The number of ether oxygens (including phenoxy) is 1. The summed E-state index contributed by atoms with van der Waals surface area (Å²) < 4.78 is 7.03. The highest BCUT2D eigenvalue weighted by Gasteiger charge is 2.25. The number of esters is 1. The van der Waals surface area contributed by atoms with Crippen LogP contribution in [0.1, 0.15) is 72.1 Å². The molecule has 0 spiro atoms. The first-order valence-electron chi connectivity index (χ1n) is 8.07. The van der Waals surface area contributed by atoms with Crippen LogP contribution in [0.15, 0.2) is 12.2 Å². The number of aromatic nitrogens is 1. The highest BCUT2D eigenvalue weighted by atomic mass is 16.5. The van der Waals surface area contributed by atoms with Crippen molar-refractivity contribution in [1.29, 1.82) is 0 Å². The van der Waals surface area contributed by atoms with Crippen LogP contribution in [0.3, 0.4) is 0 Å². The van der Waals surface area contributed by atoms with Crippen molar-refractivity contribution < 1.29 is 14.3 Å². The number of carbonyl (C=O) groups excluding carboxylic acids is 2. The molecule has 1 rings (SSSR count). The van der Waals surface area contributed by atoms with E-state index in [0.717, 1.165) is 43.2 Å². The molecule has 122 valence electrons. The number of aldehydes is 1. The van der Waals surface area contributed by atoms with Gasteiger partial charge >= 0.3 is 5.97 Å². The van der Waals surface area contributed by atoms with Crippen LogP contribution in [-0.4, -0.2) is 23.4 Å². The molecule has 0 N–H and O–H groups in total. The second-order valence-corrected chi connectivity index (χ2v) is 5.30. The second kappa shape index (κ2) is 9.23. The Bertz CT molecular complexity index is 541. The lowest BCUT2D eigenvalue weighted by molar-refractivity contribution is 0.0512. The monoisotopic (exact) mass is 305 g/mol. The summed E-state index contributed by atoms with van der Waals surface area (Å²) in [5.41, 5.74) is 2.85. The lowest BCUT2D eigenvalue weighted by atomic mass is 10.0. The second-order valence-electron chi connectivity index (χ2n) is 5.30. The standard InChI is InChI=1S/C18H27NO3/c1-5-8-10-11-15-14(4)19(12-9-6-2)17(16(15)13-20)18(21)22-7-3/h6,9,13H,5,7-8,10-12H2,1-4H3. The molecule has 0 saturated heterocycles. The molecule has 0 amide bonds. The Kier molecular flexibility index (Phi) is 7.64. The summed E-state index contributed by atoms with van der Waals surface area (Å²) in [6.45, 7) is 8.70. The number of unbranched alkanes of at least 4 members (excludes halogenated alkanes) is 2. The lowest BCUT2D eigenvalue weighted by Crippen LogP contribution is -2.14. The average molecular weight is 305 g/mol. The average Bonchev–Trinajstić information content (AvgIpc) is 2.78. The fourth-order valence-electron chi connectivity index (χ4n) is 2.67. The minimum absolute atomic E-state index is 0.302. The minimum Gasteiger partial charge on any atom is -0.461 e. The van der Waals surface area contributed by atoms with Crippen molar-refractivity contribution >= 4 is 12.3 Å². The Labute approximate surface area is 133 Å². The lowest BCUT2D eigenvalue weighted by Gasteiger charge is -2.09. The van der Waals surface area contributed by atoms with Crippen LogP contribution in [0.2, 0.25) is 0 Å². The Balaban J connectivity index is 3.32. The highest BCUT2D eigenvalue weighted by Crippen LogP contribution is 2.25. The summed E-state index contributed by atoms with van der Waals surface area (Å²) >= 11 is 0. The topological polar surface area (TPSA) is 48.3 Å². The molecule has 0 aliphatic heterocycles. The van der Waals surface area contributed by atoms with Crippen LogP contribution in [-0.2, 0) is 17.7 Å². The predicted molar refractivity (Wildman–Crippen MR) is 88.6 cm³/mol. The summed E-state index contributed by atoms with van der Waals surface area (Å²) in [5.74, 6) is -0.418. The Morgan fingerprint density at radius 1 is 1.27 bits per heavy atom. The van der Waals surface area contributed by atoms with Crippen LogP contribution < -0.4 is 0 Å². The van der Waals surface area contributed by atoms with E-state index in [4.69, 9.17) is 4.74 Å². The Morgan fingerprint density at radius 2 is 2.00 bits per heavy atom. The van der Waals surface area contributed by atoms with E-state index in [1.54, 1.807) is 6.92 Å². The van der Waals surface area contributed by atoms with Gasteiger partial charge in [0.1, 0.15) is 5.69 Å². The molecule has 0 aliphatic carbocycles. The molecule has 4 nitrogen and oxygen atoms in total. The van der Waals surface area contributed by atoms with Gasteiger partial charge in [-0.25, -0.2) is 4.79 Å². The quantitative estimate of drug-likeness (QED) is 0.299. The van der Waals surface area contributed by atoms with Crippen LogP contribution in [0.5, 0.6) is 0 Å². The van der Waals surface area contributed by atoms with Crippen molar-refractivity contribution in [3.05, 3.63) is 34.7 Å². The van der Waals surface area contributed by atoms with Gasteiger partial charge in [-0.1, -0.05) is 31.9 Å². The molecule has 1 aromatic rings. The molecule has 4 heteroatoms. The third-order valence-corrected chi connectivity index (χ3v) is 3.83. The molecule has 0 radical (unpaired) electrons. The summed E-state index contributed by atoms with van der Waals surface area (Å²) in [6, 6.07) is 0. The van der Waals surface area contributed by atoms with Gasteiger partial charge in [0.2, 0.25) is 0 Å². The van der Waals surface area contributed by atoms with Gasteiger partial charge in [-0.05, 0) is 39.2 Å². The number of hydrogen-bond acceptors (Lipinski definition) is 3. The summed E-state index contributed by atoms with van der Waals surface area (Å²) in [6.07, 6.45) is 8.79. The van der Waals surface area contributed by atoms with Gasteiger partial charge in [-0.2, -0.15) is 0 Å². The van der Waals surface area contributed by atoms with Gasteiger partial charge in [0.15, 0.2) is 6.29 Å². The van der Waals surface area contributed by atoms with Crippen molar-refractivity contribution in [3.8, 4) is 0 Å². The number of hydrogen-bond donors (Lipinski definition) is 0. The summed E-state index contributed by atoms with van der Waals surface area (Å²) in [5, 5.41) is 0. The molecule has 0 fully saturated rings. The van der Waals surface area contributed by atoms with Gasteiger partial charge < -0.3 is 9.30 Å². The molecule has 22 heavy (non-hydrogen) atoms. The third-order valence-electron chi connectivity index (χ3n) is 3.83. The van der Waals surface area contributed by atoms with Gasteiger partial charge in [0.25, 0.3) is 0 Å². The van der Waals surface area contributed by atoms with Crippen LogP contribution in [0.25, 0.3) is 0 Å². The zero-order chi connectivity index (χ0) is 16.5. The van der Waals surface area contributed by atoms with Gasteiger partial charge in [0, 0.05) is 12.2 Å². The zero-order valence-corrected chi connectivity index (χ0v) is 14.1. The fraction of sp³-hybridized carbons (Fsp3) is 0.556. The number of carbonyl (C=O) groups is 2. The van der Waals surface area contributed by atoms with Gasteiger partial charge in [0.05, 0.1) is 12.2 Å². The summed E-state index contributed by atoms with van der Waals surface area (Å²) in [7, 11) is 0. The van der Waals surface area contributed by atoms with Crippen molar-refractivity contribution in [2.24, 2.45) is 0 Å². The van der Waals surface area contributed by atoms with E-state index in [9.17, 15) is 9.59 Å². The van der Waals surface area contributed by atoms with Crippen LogP contribution in [0, 0.1) is 6.92 Å². The predicted octanol–water partition coefficient (Wildman–Crippen LogP) is 4.09. The van der Waals surface area contributed by atoms with Gasteiger partial charge in [-0.15, -0.1) is 0 Å². The van der Waals surface area contributed by atoms with E-state index in [2.05, 4.69) is 6.92 Å². The van der Waals surface area contributed by atoms with E-state index >= 15 is 0 Å². The molecule has 1 aromatic heterocycles. The first-order chi connectivity index (χ1) is 10.6. The minimum atomic E-state index is -0.418. The maximum Gasteiger partial charge on any atom is 0.355 e. The van der Waals surface area contributed by atoms with E-state index in [0.29, 0.717) is 24.4 Å². The third kappa shape index (κ3) is 4.09.